The van der Waals surface area contributed by atoms with E-state index in [4.69, 9.17) is 4.74 Å². The van der Waals surface area contributed by atoms with Crippen molar-refractivity contribution >= 4 is 17.4 Å². The van der Waals surface area contributed by atoms with Crippen LogP contribution in [0.2, 0.25) is 0 Å². The second kappa shape index (κ2) is 9.09. The van der Waals surface area contributed by atoms with Gasteiger partial charge in [0, 0.05) is 24.8 Å². The number of hydrogen-bond donors (Lipinski definition) is 1. The molecule has 0 bridgehead atoms. The summed E-state index contributed by atoms with van der Waals surface area (Å²) < 4.78 is 5.63. The Morgan fingerprint density at radius 1 is 1.17 bits per heavy atom. The second-order valence-corrected chi connectivity index (χ2v) is 7.74. The molecule has 0 radical (unpaired) electrons. The predicted octanol–water partition coefficient (Wildman–Crippen LogP) is 2.85. The van der Waals surface area contributed by atoms with Gasteiger partial charge in [0.2, 0.25) is 0 Å². The van der Waals surface area contributed by atoms with E-state index in [1.165, 1.54) is 4.90 Å². The molecule has 1 aliphatic rings. The van der Waals surface area contributed by atoms with Crippen molar-refractivity contribution in [3.63, 3.8) is 0 Å². The normalized spacial score (nSPS) is 18.5. The molecule has 1 aliphatic heterocycles. The topological polar surface area (TPSA) is 83.0 Å². The molecule has 158 valence electrons. The molecule has 0 aliphatic carbocycles. The first-order valence-electron chi connectivity index (χ1n) is 9.90. The molecule has 1 unspecified atom stereocenters. The van der Waals surface area contributed by atoms with Crippen molar-refractivity contribution in [1.29, 1.82) is 0 Å². The first kappa shape index (κ1) is 21.5. The number of aromatic nitrogens is 1. The van der Waals surface area contributed by atoms with E-state index in [0.717, 1.165) is 0 Å². The Morgan fingerprint density at radius 3 is 2.43 bits per heavy atom. The molecule has 0 saturated carbocycles. The average Bonchev–Trinajstić information content (AvgIpc) is 2.97. The first-order valence-corrected chi connectivity index (χ1v) is 9.90. The van der Waals surface area contributed by atoms with Crippen molar-refractivity contribution in [1.82, 2.24) is 14.8 Å². The molecule has 1 fully saturated rings. The summed E-state index contributed by atoms with van der Waals surface area (Å²) in [7, 11) is 3.79. The number of carbonyl (C=O) groups excluding carboxylic acids is 2. The van der Waals surface area contributed by atoms with Gasteiger partial charge >= 0.3 is 0 Å². The predicted molar refractivity (Wildman–Crippen MR) is 114 cm³/mol. The van der Waals surface area contributed by atoms with Crippen LogP contribution in [0.4, 0.5) is 0 Å². The number of carbonyl (C=O) groups is 2. The zero-order chi connectivity index (χ0) is 21.8. The van der Waals surface area contributed by atoms with Gasteiger partial charge in [-0.25, -0.2) is 0 Å². The van der Waals surface area contributed by atoms with E-state index in [9.17, 15) is 14.7 Å². The lowest BCUT2D eigenvalue weighted by Crippen LogP contribution is -2.35. The number of rotatable bonds is 7. The number of aliphatic hydroxyl groups excluding tert-OH is 1. The van der Waals surface area contributed by atoms with Gasteiger partial charge in [0.25, 0.3) is 11.7 Å². The maximum Gasteiger partial charge on any atom is 0.295 e. The molecule has 3 rings (SSSR count). The Kier molecular flexibility index (Phi) is 6.52. The standard InChI is InChI=1S/C23H27N3O4/c1-15(2)30-17-10-8-16(9-11-17)21(27)19-20(18-7-5-6-12-24-18)26(14-13-25(3)4)23(29)22(19)28/h5-12,15,20,27H,13-14H2,1-4H3. The van der Waals surface area contributed by atoms with Crippen molar-refractivity contribution in [2.75, 3.05) is 27.2 Å². The van der Waals surface area contributed by atoms with Crippen LogP contribution in [0.15, 0.2) is 54.2 Å². The number of likely N-dealkylation sites (tertiary alicyclic amines) is 1. The van der Waals surface area contributed by atoms with E-state index in [-0.39, 0.29) is 17.4 Å². The van der Waals surface area contributed by atoms with Crippen LogP contribution in [-0.4, -0.2) is 64.9 Å². The van der Waals surface area contributed by atoms with Gasteiger partial charge in [-0.05, 0) is 64.3 Å². The molecular formula is C23H27N3O4. The van der Waals surface area contributed by atoms with Gasteiger partial charge in [0.1, 0.15) is 17.6 Å². The van der Waals surface area contributed by atoms with Crippen LogP contribution in [0, 0.1) is 0 Å². The molecule has 7 nitrogen and oxygen atoms in total. The largest absolute Gasteiger partial charge is 0.507 e. The maximum absolute atomic E-state index is 12.9. The van der Waals surface area contributed by atoms with E-state index in [1.807, 2.05) is 32.8 Å². The number of likely N-dealkylation sites (N-methyl/N-ethyl adjacent to an activating group) is 1. The number of ether oxygens (including phenoxy) is 1. The summed E-state index contributed by atoms with van der Waals surface area (Å²) in [4.78, 5) is 33.5. The lowest BCUT2D eigenvalue weighted by Gasteiger charge is -2.25. The minimum Gasteiger partial charge on any atom is -0.507 e. The molecule has 1 N–H and O–H groups in total. The molecule has 1 atom stereocenters. The van der Waals surface area contributed by atoms with Gasteiger partial charge in [0.15, 0.2) is 0 Å². The third-order valence-electron chi connectivity index (χ3n) is 4.80. The summed E-state index contributed by atoms with van der Waals surface area (Å²) in [6.45, 7) is 4.78. The Bertz CT molecular complexity index is 937. The van der Waals surface area contributed by atoms with E-state index >= 15 is 0 Å². The van der Waals surface area contributed by atoms with Crippen LogP contribution < -0.4 is 4.74 Å². The molecule has 0 spiro atoms. The van der Waals surface area contributed by atoms with Crippen LogP contribution in [0.5, 0.6) is 5.75 Å². The number of Topliss-reactive ketones (excluding diaryl/α,β-unsaturated/α-hetero) is 1. The molecule has 30 heavy (non-hydrogen) atoms. The molecule has 1 aromatic carbocycles. The second-order valence-electron chi connectivity index (χ2n) is 7.74. The van der Waals surface area contributed by atoms with Crippen LogP contribution in [0.25, 0.3) is 5.76 Å². The Balaban J connectivity index is 2.05. The molecular weight excluding hydrogens is 382 g/mol. The quantitative estimate of drug-likeness (QED) is 0.430. The van der Waals surface area contributed by atoms with Crippen molar-refractivity contribution in [2.24, 2.45) is 0 Å². The van der Waals surface area contributed by atoms with Gasteiger partial charge in [-0.15, -0.1) is 0 Å². The summed E-state index contributed by atoms with van der Waals surface area (Å²) in [5, 5.41) is 11.0. The van der Waals surface area contributed by atoms with Gasteiger partial charge in [-0.3, -0.25) is 14.6 Å². The van der Waals surface area contributed by atoms with E-state index in [0.29, 0.717) is 30.1 Å². The zero-order valence-electron chi connectivity index (χ0n) is 17.7. The van der Waals surface area contributed by atoms with Crippen molar-refractivity contribution < 1.29 is 19.4 Å². The number of pyridine rings is 1. The molecule has 2 aromatic rings. The SMILES string of the molecule is CC(C)Oc1ccc(C(O)=C2C(=O)C(=O)N(CCN(C)C)C2c2ccccn2)cc1. The van der Waals surface area contributed by atoms with Crippen LogP contribution >= 0.6 is 0 Å². The van der Waals surface area contributed by atoms with Crippen molar-refractivity contribution in [3.05, 3.63) is 65.5 Å². The number of nitrogens with zero attached hydrogens (tertiary/aromatic N) is 3. The fourth-order valence-electron chi connectivity index (χ4n) is 3.38. The minimum absolute atomic E-state index is 0.0237. The third-order valence-corrected chi connectivity index (χ3v) is 4.80. The fraction of sp³-hybridized carbons (Fsp3) is 0.348. The van der Waals surface area contributed by atoms with Crippen LogP contribution in [-0.2, 0) is 9.59 Å². The molecule has 1 amide bonds. The van der Waals surface area contributed by atoms with Crippen LogP contribution in [0.3, 0.4) is 0 Å². The van der Waals surface area contributed by atoms with Crippen LogP contribution in [0.1, 0.15) is 31.1 Å². The average molecular weight is 409 g/mol. The van der Waals surface area contributed by atoms with Crippen molar-refractivity contribution in [2.45, 2.75) is 26.0 Å². The maximum atomic E-state index is 12.9. The lowest BCUT2D eigenvalue weighted by atomic mass is 9.98. The Morgan fingerprint density at radius 2 is 1.87 bits per heavy atom. The Labute approximate surface area is 176 Å². The van der Waals surface area contributed by atoms with Gasteiger partial charge in [-0.1, -0.05) is 6.07 Å². The summed E-state index contributed by atoms with van der Waals surface area (Å²) in [5.74, 6) is -0.889. The minimum atomic E-state index is -0.738. The number of benzene rings is 1. The number of aliphatic hydroxyl groups is 1. The van der Waals surface area contributed by atoms with Gasteiger partial charge in [0.05, 0.1) is 17.4 Å². The van der Waals surface area contributed by atoms with Crippen molar-refractivity contribution in [3.8, 4) is 5.75 Å². The van der Waals surface area contributed by atoms with E-state index < -0.39 is 17.7 Å². The zero-order valence-corrected chi connectivity index (χ0v) is 17.7. The monoisotopic (exact) mass is 409 g/mol. The number of hydrogen-bond acceptors (Lipinski definition) is 6. The number of ketones is 1. The first-order chi connectivity index (χ1) is 14.3. The molecule has 7 heteroatoms. The molecule has 1 aromatic heterocycles. The highest BCUT2D eigenvalue weighted by Gasteiger charge is 2.46. The smallest absolute Gasteiger partial charge is 0.295 e. The summed E-state index contributed by atoms with van der Waals surface area (Å²) >= 11 is 0. The van der Waals surface area contributed by atoms with E-state index in [2.05, 4.69) is 4.98 Å². The summed E-state index contributed by atoms with van der Waals surface area (Å²) in [6.07, 6.45) is 1.63. The summed E-state index contributed by atoms with van der Waals surface area (Å²) in [5.41, 5.74) is 1.03. The lowest BCUT2D eigenvalue weighted by molar-refractivity contribution is -0.140. The fourth-order valence-corrected chi connectivity index (χ4v) is 3.38. The molecule has 2 heterocycles. The van der Waals surface area contributed by atoms with Gasteiger partial charge in [-0.2, -0.15) is 0 Å². The van der Waals surface area contributed by atoms with E-state index in [1.54, 1.807) is 48.7 Å². The highest BCUT2D eigenvalue weighted by molar-refractivity contribution is 6.46. The highest BCUT2D eigenvalue weighted by atomic mass is 16.5. The third kappa shape index (κ3) is 4.52. The molecule has 1 saturated heterocycles. The van der Waals surface area contributed by atoms with Gasteiger partial charge < -0.3 is 19.6 Å². The Hall–Kier alpha value is -3.19. The highest BCUT2D eigenvalue weighted by Crippen LogP contribution is 2.38. The summed E-state index contributed by atoms with van der Waals surface area (Å²) in [6, 6.07) is 11.4. The number of amides is 1.